The Kier molecular flexibility index (Phi) is 7.97. The average molecular weight is 555 g/mol. The Bertz CT molecular complexity index is 1420. The number of rotatable bonds is 7. The third-order valence-electron chi connectivity index (χ3n) is 6.34. The van der Waals surface area contributed by atoms with Gasteiger partial charge in [-0.05, 0) is 37.1 Å². The van der Waals surface area contributed by atoms with E-state index in [0.717, 1.165) is 26.6 Å². The fraction of sp³-hybridized carbons (Fsp3) is 0.417. The van der Waals surface area contributed by atoms with E-state index in [1.807, 2.05) is 31.3 Å². The molecule has 0 bridgehead atoms. The van der Waals surface area contributed by atoms with E-state index in [9.17, 15) is 27.6 Å². The highest BCUT2D eigenvalue weighted by Gasteiger charge is 2.45. The zero-order chi connectivity index (χ0) is 27.6. The van der Waals surface area contributed by atoms with Gasteiger partial charge in [-0.3, -0.25) is 19.0 Å². The normalized spacial score (nSPS) is 16.1. The molecular weight excluding hydrogens is 529 g/mol. The third kappa shape index (κ3) is 5.94. The first kappa shape index (κ1) is 27.5. The van der Waals surface area contributed by atoms with Gasteiger partial charge >= 0.3 is 12.1 Å². The number of amides is 2. The quantitative estimate of drug-likeness (QED) is 0.413. The summed E-state index contributed by atoms with van der Waals surface area (Å²) in [5.74, 6) is -2.69. The summed E-state index contributed by atoms with van der Waals surface area (Å²) in [5.41, 5.74) is 2.50. The first-order valence-corrected chi connectivity index (χ1v) is 12.1. The second-order valence-electron chi connectivity index (χ2n) is 8.96. The maximum atomic E-state index is 13.1. The van der Waals surface area contributed by atoms with Crippen molar-refractivity contribution in [2.24, 2.45) is 0 Å². The fourth-order valence-corrected chi connectivity index (χ4v) is 4.40. The number of aryl methyl sites for hydroxylation is 1. The van der Waals surface area contributed by atoms with Gasteiger partial charge in [0.05, 0.1) is 24.9 Å². The molecule has 0 aliphatic carbocycles. The molecule has 3 aromatic rings. The minimum Gasteiger partial charge on any atom is -0.377 e. The molecule has 4 rings (SSSR count). The van der Waals surface area contributed by atoms with Crippen LogP contribution in [0.1, 0.15) is 16.8 Å². The molecule has 3 N–H and O–H groups in total. The molecule has 0 spiro atoms. The van der Waals surface area contributed by atoms with Crippen molar-refractivity contribution < 1.29 is 27.5 Å². The molecular formula is C24H26ClF3N6O4. The molecule has 1 saturated heterocycles. The molecule has 1 aromatic carbocycles. The maximum Gasteiger partial charge on any atom is 0.471 e. The minimum atomic E-state index is -5.03. The molecule has 38 heavy (non-hydrogen) atoms. The number of nitrogens with zero attached hydrogens (tertiary/aromatic N) is 3. The summed E-state index contributed by atoms with van der Waals surface area (Å²) < 4.78 is 45.3. The largest absolute Gasteiger partial charge is 0.471 e. The summed E-state index contributed by atoms with van der Waals surface area (Å²) in [6.45, 7) is 2.72. The summed E-state index contributed by atoms with van der Waals surface area (Å²) in [6.07, 6.45) is -3.14. The Morgan fingerprint density at radius 1 is 1.29 bits per heavy atom. The van der Waals surface area contributed by atoms with Crippen molar-refractivity contribution in [1.29, 1.82) is 0 Å². The summed E-state index contributed by atoms with van der Waals surface area (Å²) in [7, 11) is 0. The number of hydrogen-bond donors (Lipinski definition) is 3. The third-order valence-corrected chi connectivity index (χ3v) is 6.70. The predicted octanol–water partition coefficient (Wildman–Crippen LogP) is 2.51. The van der Waals surface area contributed by atoms with Crippen molar-refractivity contribution in [3.63, 3.8) is 0 Å². The summed E-state index contributed by atoms with van der Waals surface area (Å²) in [5, 5.41) is 6.43. The Hall–Kier alpha value is -3.58. The Morgan fingerprint density at radius 2 is 2.05 bits per heavy atom. The standard InChI is InChI=1S/C24H26ClF3N6O4/c1-13-8-29-18-4-3-15(7-17(13)18)9-30-19(35)11-34-14(2)20(25)32-21(22(34)36)31-10-16-12-38-6-5-33(16)23(37)24(26,27)28/h3-4,7-8,16,29H,5-6,9-12H2,1-2H3,(H,30,35)(H,31,32)/t16-/m1/s1. The van der Waals surface area contributed by atoms with Crippen LogP contribution in [-0.4, -0.2) is 69.8 Å². The SMILES string of the molecule is Cc1c[nH]c2ccc(CNC(=O)Cn3c(C)c(Cl)nc(NC[C@@H]4COCCN4C(=O)C(F)(F)F)c3=O)cc12. The minimum absolute atomic E-state index is 0.0342. The number of nitrogens with one attached hydrogen (secondary N) is 3. The molecule has 2 amide bonds. The Balaban J connectivity index is 1.44. The lowest BCUT2D eigenvalue weighted by molar-refractivity contribution is -0.192. The first-order valence-electron chi connectivity index (χ1n) is 11.8. The molecule has 3 heterocycles. The number of halogens is 4. The van der Waals surface area contributed by atoms with Crippen LogP contribution in [0.25, 0.3) is 10.9 Å². The summed E-state index contributed by atoms with van der Waals surface area (Å²) in [4.78, 5) is 45.3. The van der Waals surface area contributed by atoms with Gasteiger partial charge in [0.1, 0.15) is 6.54 Å². The van der Waals surface area contributed by atoms with Gasteiger partial charge in [-0.15, -0.1) is 0 Å². The van der Waals surface area contributed by atoms with E-state index in [4.69, 9.17) is 16.3 Å². The molecule has 1 fully saturated rings. The van der Waals surface area contributed by atoms with Gasteiger partial charge in [0.15, 0.2) is 11.0 Å². The first-order chi connectivity index (χ1) is 18.0. The predicted molar refractivity (Wildman–Crippen MR) is 134 cm³/mol. The lowest BCUT2D eigenvalue weighted by atomic mass is 10.1. The molecule has 0 unspecified atom stereocenters. The molecule has 0 saturated carbocycles. The van der Waals surface area contributed by atoms with E-state index in [-0.39, 0.29) is 56.1 Å². The number of alkyl halides is 3. The Morgan fingerprint density at radius 3 is 2.79 bits per heavy atom. The number of ether oxygens (including phenoxy) is 1. The number of hydrogen-bond acceptors (Lipinski definition) is 6. The zero-order valence-electron chi connectivity index (χ0n) is 20.6. The molecule has 0 radical (unpaired) electrons. The second kappa shape index (κ2) is 11.0. The van der Waals surface area contributed by atoms with Gasteiger partial charge in [0, 0.05) is 36.7 Å². The monoisotopic (exact) mass is 554 g/mol. The van der Waals surface area contributed by atoms with E-state index in [0.29, 0.717) is 4.90 Å². The number of carbonyl (C=O) groups excluding carboxylic acids is 2. The van der Waals surface area contributed by atoms with Crippen molar-refractivity contribution >= 4 is 40.1 Å². The second-order valence-corrected chi connectivity index (χ2v) is 9.32. The number of morpholine rings is 1. The number of benzene rings is 1. The van der Waals surface area contributed by atoms with Crippen LogP contribution in [-0.2, 0) is 27.4 Å². The van der Waals surface area contributed by atoms with Gasteiger partial charge < -0.3 is 25.3 Å². The maximum absolute atomic E-state index is 13.1. The summed E-state index contributed by atoms with van der Waals surface area (Å²) in [6, 6.07) is 4.77. The van der Waals surface area contributed by atoms with Crippen LogP contribution in [0.2, 0.25) is 5.15 Å². The lowest BCUT2D eigenvalue weighted by Gasteiger charge is -2.36. The van der Waals surface area contributed by atoms with Crippen LogP contribution in [0.15, 0.2) is 29.2 Å². The van der Waals surface area contributed by atoms with E-state index in [2.05, 4.69) is 20.6 Å². The van der Waals surface area contributed by atoms with Gasteiger partial charge in [-0.25, -0.2) is 4.98 Å². The average Bonchev–Trinajstić information content (AvgIpc) is 3.25. The van der Waals surface area contributed by atoms with Crippen molar-refractivity contribution in [1.82, 2.24) is 24.8 Å². The number of anilines is 1. The van der Waals surface area contributed by atoms with Gasteiger partial charge in [-0.2, -0.15) is 13.2 Å². The van der Waals surface area contributed by atoms with Gasteiger partial charge in [-0.1, -0.05) is 17.7 Å². The fourth-order valence-electron chi connectivity index (χ4n) is 4.21. The van der Waals surface area contributed by atoms with Crippen molar-refractivity contribution in [2.45, 2.75) is 39.2 Å². The molecule has 204 valence electrons. The van der Waals surface area contributed by atoms with Crippen LogP contribution >= 0.6 is 11.6 Å². The molecule has 1 aliphatic rings. The molecule has 1 aliphatic heterocycles. The number of aromatic nitrogens is 3. The topological polar surface area (TPSA) is 121 Å². The van der Waals surface area contributed by atoms with E-state index in [1.165, 1.54) is 6.92 Å². The molecule has 1 atom stereocenters. The summed E-state index contributed by atoms with van der Waals surface area (Å²) >= 11 is 6.18. The van der Waals surface area contributed by atoms with Crippen molar-refractivity contribution in [2.75, 3.05) is 31.6 Å². The van der Waals surface area contributed by atoms with E-state index in [1.54, 1.807) is 0 Å². The smallest absolute Gasteiger partial charge is 0.377 e. The number of aromatic amines is 1. The van der Waals surface area contributed by atoms with Crippen LogP contribution < -0.4 is 16.2 Å². The van der Waals surface area contributed by atoms with Gasteiger partial charge in [0.2, 0.25) is 5.91 Å². The molecule has 14 heteroatoms. The highest BCUT2D eigenvalue weighted by atomic mass is 35.5. The highest BCUT2D eigenvalue weighted by Crippen LogP contribution is 2.22. The van der Waals surface area contributed by atoms with Crippen LogP contribution in [0.4, 0.5) is 19.0 Å². The van der Waals surface area contributed by atoms with Crippen molar-refractivity contribution in [3.05, 3.63) is 56.7 Å². The zero-order valence-corrected chi connectivity index (χ0v) is 21.4. The van der Waals surface area contributed by atoms with E-state index >= 15 is 0 Å². The molecule has 10 nitrogen and oxygen atoms in total. The van der Waals surface area contributed by atoms with Crippen LogP contribution in [0.3, 0.4) is 0 Å². The van der Waals surface area contributed by atoms with Crippen LogP contribution in [0, 0.1) is 13.8 Å². The van der Waals surface area contributed by atoms with Crippen molar-refractivity contribution in [3.8, 4) is 0 Å². The number of carbonyl (C=O) groups is 2. The number of H-pyrrole nitrogens is 1. The lowest BCUT2D eigenvalue weighted by Crippen LogP contribution is -2.55. The van der Waals surface area contributed by atoms with Crippen LogP contribution in [0.5, 0.6) is 0 Å². The Labute approximate surface area is 220 Å². The highest BCUT2D eigenvalue weighted by molar-refractivity contribution is 6.30. The van der Waals surface area contributed by atoms with Gasteiger partial charge in [0.25, 0.3) is 5.56 Å². The molecule has 2 aromatic heterocycles. The number of fused-ring (bicyclic) bond motifs is 1. The van der Waals surface area contributed by atoms with E-state index < -0.39 is 29.6 Å².